The van der Waals surface area contributed by atoms with Gasteiger partial charge in [0.15, 0.2) is 22.5 Å². The summed E-state index contributed by atoms with van der Waals surface area (Å²) in [5.74, 6) is -2.53. The number of benzene rings is 3. The molecule has 3 aromatic carbocycles. The van der Waals surface area contributed by atoms with Gasteiger partial charge in [0.05, 0.1) is 23.4 Å². The summed E-state index contributed by atoms with van der Waals surface area (Å²) < 4.78 is 26.2. The van der Waals surface area contributed by atoms with Gasteiger partial charge in [0.25, 0.3) is 23.6 Å². The summed E-state index contributed by atoms with van der Waals surface area (Å²) >= 11 is 0. The first-order chi connectivity index (χ1) is 31.4. The van der Waals surface area contributed by atoms with Crippen LogP contribution in [0.25, 0.3) is 33.5 Å². The summed E-state index contributed by atoms with van der Waals surface area (Å²) in [6.07, 6.45) is 5.26. The van der Waals surface area contributed by atoms with E-state index < -0.39 is 29.2 Å². The second-order valence-corrected chi connectivity index (χ2v) is 15.2. The first-order valence-electron chi connectivity index (χ1n) is 20.2. The van der Waals surface area contributed by atoms with Gasteiger partial charge >= 0.3 is 11.5 Å². The molecular formula is C44H37FN12O8. The van der Waals surface area contributed by atoms with E-state index in [1.807, 2.05) is 0 Å². The largest absolute Gasteiger partial charge is 0.417 e. The highest BCUT2D eigenvalue weighted by molar-refractivity contribution is 5.99. The van der Waals surface area contributed by atoms with Gasteiger partial charge in [-0.25, -0.2) is 33.0 Å². The van der Waals surface area contributed by atoms with E-state index in [4.69, 9.17) is 8.83 Å². The zero-order chi connectivity index (χ0) is 45.2. The average Bonchev–Trinajstić information content (AvgIpc) is 3.62. The fourth-order valence-electron chi connectivity index (χ4n) is 6.89. The second-order valence-electron chi connectivity index (χ2n) is 15.2. The molecule has 0 saturated heterocycles. The van der Waals surface area contributed by atoms with Crippen LogP contribution in [0.15, 0.2) is 110 Å². The molecular weight excluding hydrogens is 844 g/mol. The minimum absolute atomic E-state index is 0.0403. The minimum Gasteiger partial charge on any atom is -0.408 e. The molecule has 1 aliphatic carbocycles. The number of H-pyrrole nitrogens is 2. The second kappa shape index (κ2) is 17.6. The van der Waals surface area contributed by atoms with E-state index in [-0.39, 0.29) is 54.1 Å². The lowest BCUT2D eigenvalue weighted by molar-refractivity contribution is 0.0927. The van der Waals surface area contributed by atoms with Crippen molar-refractivity contribution in [3.05, 3.63) is 163 Å². The monoisotopic (exact) mass is 880 g/mol. The number of oxazole rings is 2. The molecule has 328 valence electrons. The van der Waals surface area contributed by atoms with Crippen LogP contribution in [-0.2, 0) is 19.6 Å². The summed E-state index contributed by atoms with van der Waals surface area (Å²) in [4.78, 5) is 87.4. The molecule has 10 rings (SSSR count). The van der Waals surface area contributed by atoms with Gasteiger partial charge in [0.2, 0.25) is 0 Å². The number of rotatable bonds is 12. The van der Waals surface area contributed by atoms with Crippen LogP contribution in [0.5, 0.6) is 0 Å². The Morgan fingerprint density at radius 3 is 1.58 bits per heavy atom. The van der Waals surface area contributed by atoms with Crippen molar-refractivity contribution < 1.29 is 32.4 Å². The molecule has 6 aromatic heterocycles. The Balaban J connectivity index is 0.000000166. The van der Waals surface area contributed by atoms with Gasteiger partial charge in [-0.2, -0.15) is 10.2 Å². The lowest BCUT2D eigenvalue weighted by Gasteiger charge is -2.10. The average molecular weight is 881 g/mol. The van der Waals surface area contributed by atoms with Crippen molar-refractivity contribution in [2.75, 3.05) is 6.54 Å². The number of aryl methyl sites for hydroxylation is 1. The molecule has 1 aliphatic rings. The SMILES string of the molecule is Cc1cc(CNC(=O)c2cc(C(=O)NCc3ccc4oc(=O)[nH]c4c3)nc3ccnn23)ccc1F.O=C(NCc1ccc2oc(=O)[nH]c2c1)c1cc(C(=O)NCC2CC2)n2nccc2n1. The number of amides is 4. The Kier molecular flexibility index (Phi) is 11.2. The number of hydrogen-bond donors (Lipinski definition) is 6. The van der Waals surface area contributed by atoms with Crippen molar-refractivity contribution in [3.63, 3.8) is 0 Å². The van der Waals surface area contributed by atoms with Crippen LogP contribution in [0, 0.1) is 18.7 Å². The van der Waals surface area contributed by atoms with Crippen molar-refractivity contribution in [1.82, 2.24) is 60.4 Å². The normalized spacial score (nSPS) is 12.3. The Hall–Kier alpha value is -8.75. The Labute approximate surface area is 364 Å². The zero-order valence-electron chi connectivity index (χ0n) is 34.3. The molecule has 9 aromatic rings. The first-order valence-corrected chi connectivity index (χ1v) is 20.2. The van der Waals surface area contributed by atoms with Gasteiger partial charge < -0.3 is 30.1 Å². The summed E-state index contributed by atoms with van der Waals surface area (Å²) in [7, 11) is 0. The van der Waals surface area contributed by atoms with Crippen LogP contribution in [-0.4, -0.2) is 69.3 Å². The van der Waals surface area contributed by atoms with E-state index in [2.05, 4.69) is 51.4 Å². The van der Waals surface area contributed by atoms with Crippen LogP contribution in [0.1, 0.15) is 77.0 Å². The lowest BCUT2D eigenvalue weighted by atomic mass is 10.1. The predicted molar refractivity (Wildman–Crippen MR) is 229 cm³/mol. The topological polar surface area (TPSA) is 269 Å². The van der Waals surface area contributed by atoms with Crippen LogP contribution < -0.4 is 32.8 Å². The summed E-state index contributed by atoms with van der Waals surface area (Å²) in [6, 6.07) is 20.8. The molecule has 6 N–H and O–H groups in total. The smallest absolute Gasteiger partial charge is 0.408 e. The van der Waals surface area contributed by atoms with Crippen molar-refractivity contribution in [1.29, 1.82) is 0 Å². The van der Waals surface area contributed by atoms with Gasteiger partial charge in [-0.15, -0.1) is 0 Å². The summed E-state index contributed by atoms with van der Waals surface area (Å²) in [5, 5.41) is 19.4. The molecule has 0 spiro atoms. The van der Waals surface area contributed by atoms with Crippen molar-refractivity contribution in [2.24, 2.45) is 5.92 Å². The Morgan fingerprint density at radius 1 is 0.631 bits per heavy atom. The molecule has 0 atom stereocenters. The number of nitrogens with zero attached hydrogens (tertiary/aromatic N) is 6. The Morgan fingerprint density at radius 2 is 1.09 bits per heavy atom. The van der Waals surface area contributed by atoms with Gasteiger partial charge in [0, 0.05) is 50.4 Å². The molecule has 6 heterocycles. The standard InChI is InChI=1S/C24H19FN6O4.C20H18N6O4/c1-13-8-14(2-4-16(13)25)11-27-23(33)19-10-18(29-21-6-7-28-31(19)21)22(32)26-12-15-3-5-20-17(9-15)30-24(34)35-20;27-18(21-10-12-3-4-16-13(7-12)25-20(29)30-16)14-8-15(19(28)22-9-11-1-2-11)26-17(24-14)5-6-23-26/h2-10H,11-12H2,1H3,(H,26,32)(H,27,33)(H,30,34);3-8,11H,1-2,9-10H2,(H,21,27)(H,22,28)(H,25,29). The van der Waals surface area contributed by atoms with Crippen LogP contribution in [0.2, 0.25) is 0 Å². The van der Waals surface area contributed by atoms with E-state index in [1.165, 1.54) is 39.6 Å². The van der Waals surface area contributed by atoms with E-state index in [1.54, 1.807) is 67.6 Å². The number of aromatic nitrogens is 8. The third-order valence-corrected chi connectivity index (χ3v) is 10.4. The molecule has 4 amide bonds. The predicted octanol–water partition coefficient (Wildman–Crippen LogP) is 3.70. The number of aromatic amines is 2. The van der Waals surface area contributed by atoms with Crippen LogP contribution >= 0.6 is 0 Å². The number of fused-ring (bicyclic) bond motifs is 4. The number of carbonyl (C=O) groups is 4. The van der Waals surface area contributed by atoms with Gasteiger partial charge in [-0.1, -0.05) is 24.3 Å². The zero-order valence-corrected chi connectivity index (χ0v) is 34.3. The molecule has 0 aliphatic heterocycles. The highest BCUT2D eigenvalue weighted by atomic mass is 19.1. The summed E-state index contributed by atoms with van der Waals surface area (Å²) in [5.41, 5.74) is 5.97. The van der Waals surface area contributed by atoms with Gasteiger partial charge in [0.1, 0.15) is 28.6 Å². The first kappa shape index (κ1) is 41.6. The maximum atomic E-state index is 13.5. The molecule has 0 radical (unpaired) electrons. The lowest BCUT2D eigenvalue weighted by Crippen LogP contribution is -2.29. The third-order valence-electron chi connectivity index (χ3n) is 10.4. The highest BCUT2D eigenvalue weighted by Crippen LogP contribution is 2.27. The molecule has 0 bridgehead atoms. The fraction of sp³-hybridized carbons (Fsp3) is 0.182. The maximum absolute atomic E-state index is 13.5. The van der Waals surface area contributed by atoms with Crippen LogP contribution in [0.4, 0.5) is 4.39 Å². The maximum Gasteiger partial charge on any atom is 0.417 e. The van der Waals surface area contributed by atoms with Crippen molar-refractivity contribution in [3.8, 4) is 0 Å². The fourth-order valence-corrected chi connectivity index (χ4v) is 6.89. The molecule has 65 heavy (non-hydrogen) atoms. The molecule has 0 unspecified atom stereocenters. The van der Waals surface area contributed by atoms with Gasteiger partial charge in [-0.05, 0) is 78.3 Å². The molecule has 20 nitrogen and oxygen atoms in total. The van der Waals surface area contributed by atoms with E-state index in [0.717, 1.165) is 29.5 Å². The summed E-state index contributed by atoms with van der Waals surface area (Å²) in [6.45, 7) is 2.82. The number of halogens is 1. The molecule has 21 heteroatoms. The highest BCUT2D eigenvalue weighted by Gasteiger charge is 2.24. The number of carbonyl (C=O) groups excluding carboxylic acids is 4. The van der Waals surface area contributed by atoms with E-state index in [0.29, 0.717) is 51.5 Å². The van der Waals surface area contributed by atoms with Crippen molar-refractivity contribution in [2.45, 2.75) is 39.4 Å². The van der Waals surface area contributed by atoms with Crippen molar-refractivity contribution >= 4 is 57.1 Å². The Bertz CT molecular complexity index is 3430. The quantitative estimate of drug-likeness (QED) is 0.103. The number of nitrogens with one attached hydrogen (secondary N) is 6. The number of hydrogen-bond acceptors (Lipinski definition) is 12. The van der Waals surface area contributed by atoms with Crippen LogP contribution in [0.3, 0.4) is 0 Å². The van der Waals surface area contributed by atoms with E-state index >= 15 is 0 Å². The molecule has 1 saturated carbocycles. The van der Waals surface area contributed by atoms with E-state index in [9.17, 15) is 33.2 Å². The molecule has 1 fully saturated rings. The third kappa shape index (κ3) is 9.38. The minimum atomic E-state index is -0.556. The van der Waals surface area contributed by atoms with Gasteiger partial charge in [-0.3, -0.25) is 29.1 Å².